The lowest BCUT2D eigenvalue weighted by molar-refractivity contribution is -0.108. The predicted octanol–water partition coefficient (Wildman–Crippen LogP) is 2.59. The molecule has 0 aromatic heterocycles. The normalized spacial score (nSPS) is 10.2. The van der Waals surface area contributed by atoms with Gasteiger partial charge in [0.2, 0.25) is 12.8 Å². The Balaban J connectivity index is 2.18. The molecule has 0 aliphatic carbocycles. The number of amides is 2. The third-order valence-electron chi connectivity index (χ3n) is 2.47. The van der Waals surface area contributed by atoms with Crippen LogP contribution in [0.5, 0.6) is 0 Å². The number of hydrogen-bond acceptors (Lipinski definition) is 4. The highest BCUT2D eigenvalue weighted by Crippen LogP contribution is 2.15. The van der Waals surface area contributed by atoms with Gasteiger partial charge in [-0.05, 0) is 34.7 Å². The van der Waals surface area contributed by atoms with E-state index in [9.17, 15) is 9.59 Å². The van der Waals surface area contributed by atoms with Crippen LogP contribution < -0.4 is 10.0 Å². The summed E-state index contributed by atoms with van der Waals surface area (Å²) in [7, 11) is 0. The summed E-state index contributed by atoms with van der Waals surface area (Å²) in [6.07, 6.45) is 1.04. The van der Waals surface area contributed by atoms with Gasteiger partial charge in [-0.15, -0.1) is 0 Å². The topological polar surface area (TPSA) is 65.3 Å². The third-order valence-corrected chi connectivity index (χ3v) is 2.47. The Morgan fingerprint density at radius 2 is 1.00 bits per heavy atom. The Morgan fingerprint density at radius 3 is 1.30 bits per heavy atom. The lowest BCUT2D eigenvalue weighted by atomic mass is 10.3. The fourth-order valence-electron chi connectivity index (χ4n) is 1.51. The Labute approximate surface area is 115 Å². The van der Waals surface area contributed by atoms with Crippen LogP contribution in [0, 0.1) is 0 Å². The van der Waals surface area contributed by atoms with E-state index in [4.69, 9.17) is 0 Å². The number of para-hydroxylation sites is 2. The maximum Gasteiger partial charge on any atom is 0.236 e. The van der Waals surface area contributed by atoms with Crippen molar-refractivity contribution in [2.24, 2.45) is 10.4 Å². The van der Waals surface area contributed by atoms with Crippen LogP contribution in [0.4, 0.5) is 11.4 Å². The van der Waals surface area contributed by atoms with E-state index in [2.05, 4.69) is 10.4 Å². The highest BCUT2D eigenvalue weighted by atomic mass is 16.2. The van der Waals surface area contributed by atoms with E-state index < -0.39 is 0 Å². The van der Waals surface area contributed by atoms with Crippen LogP contribution >= 0.6 is 0 Å². The summed E-state index contributed by atoms with van der Waals surface area (Å²) < 4.78 is 0. The fourth-order valence-corrected chi connectivity index (χ4v) is 1.51. The zero-order chi connectivity index (χ0) is 14.2. The highest BCUT2D eigenvalue weighted by molar-refractivity contribution is 5.75. The summed E-state index contributed by atoms with van der Waals surface area (Å²) in [4.78, 5) is 22.0. The number of anilines is 2. The molecule has 0 aliphatic rings. The molecule has 0 heterocycles. The molecule has 0 N–H and O–H groups in total. The second-order valence-corrected chi connectivity index (χ2v) is 3.75. The molecule has 2 aromatic carbocycles. The molecule has 0 saturated heterocycles. The van der Waals surface area contributed by atoms with Gasteiger partial charge in [0.05, 0.1) is 11.4 Å². The first kappa shape index (κ1) is 13.4. The standard InChI is InChI=1S/C14H12N4O2/c19-11-17(13-7-3-1-4-8-13)15-16-18(12-20)14-9-5-2-6-10-14/h1-12H. The molecule has 20 heavy (non-hydrogen) atoms. The average molecular weight is 268 g/mol. The monoisotopic (exact) mass is 268 g/mol. The summed E-state index contributed by atoms with van der Waals surface area (Å²) >= 11 is 0. The molecule has 0 aliphatic heterocycles. The van der Waals surface area contributed by atoms with Gasteiger partial charge in [0, 0.05) is 0 Å². The van der Waals surface area contributed by atoms with Crippen molar-refractivity contribution >= 4 is 24.2 Å². The van der Waals surface area contributed by atoms with Crippen LogP contribution in [0.2, 0.25) is 0 Å². The van der Waals surface area contributed by atoms with Crippen molar-refractivity contribution < 1.29 is 9.59 Å². The van der Waals surface area contributed by atoms with Crippen molar-refractivity contribution in [1.82, 2.24) is 0 Å². The fraction of sp³-hybridized carbons (Fsp3) is 0. The van der Waals surface area contributed by atoms with Gasteiger partial charge >= 0.3 is 0 Å². The average Bonchev–Trinajstić information content (AvgIpc) is 2.53. The second-order valence-electron chi connectivity index (χ2n) is 3.75. The molecule has 2 rings (SSSR count). The molecule has 6 nitrogen and oxygen atoms in total. The minimum Gasteiger partial charge on any atom is -0.276 e. The summed E-state index contributed by atoms with van der Waals surface area (Å²) in [5.74, 6) is 0. The van der Waals surface area contributed by atoms with Crippen LogP contribution in [0.25, 0.3) is 0 Å². The molecule has 0 bridgehead atoms. The molecule has 0 fully saturated rings. The van der Waals surface area contributed by atoms with Gasteiger partial charge in [0.25, 0.3) is 0 Å². The van der Waals surface area contributed by atoms with E-state index in [0.717, 1.165) is 10.0 Å². The number of nitrogens with zero attached hydrogens (tertiary/aromatic N) is 4. The van der Waals surface area contributed by atoms with Crippen molar-refractivity contribution in [3.63, 3.8) is 0 Å². The molecule has 6 heteroatoms. The summed E-state index contributed by atoms with van der Waals surface area (Å²) in [5, 5.41) is 9.57. The SMILES string of the molecule is O=CN(N=NN(C=O)c1ccccc1)c1ccccc1. The predicted molar refractivity (Wildman–Crippen MR) is 74.8 cm³/mol. The summed E-state index contributed by atoms with van der Waals surface area (Å²) in [6.45, 7) is 0. The smallest absolute Gasteiger partial charge is 0.236 e. The van der Waals surface area contributed by atoms with Gasteiger partial charge in [-0.2, -0.15) is 10.0 Å². The minimum absolute atomic E-state index is 0.521. The number of carbonyl (C=O) groups excluding carboxylic acids is 2. The van der Waals surface area contributed by atoms with Gasteiger partial charge in [0.15, 0.2) is 0 Å². The molecule has 0 unspecified atom stereocenters. The first-order valence-electron chi connectivity index (χ1n) is 5.86. The number of rotatable bonds is 6. The van der Waals surface area contributed by atoms with Gasteiger partial charge < -0.3 is 0 Å². The van der Waals surface area contributed by atoms with Crippen LogP contribution in [0.3, 0.4) is 0 Å². The van der Waals surface area contributed by atoms with Crippen LogP contribution in [0.1, 0.15) is 0 Å². The molecule has 0 radical (unpaired) electrons. The Hall–Kier alpha value is -3.02. The van der Waals surface area contributed by atoms with Crippen molar-refractivity contribution in [3.8, 4) is 0 Å². The van der Waals surface area contributed by atoms with E-state index in [-0.39, 0.29) is 0 Å². The summed E-state index contributed by atoms with van der Waals surface area (Å²) in [6, 6.07) is 17.6. The van der Waals surface area contributed by atoms with Crippen LogP contribution in [0.15, 0.2) is 71.1 Å². The molecule has 0 saturated carbocycles. The lowest BCUT2D eigenvalue weighted by Gasteiger charge is -2.12. The summed E-state index contributed by atoms with van der Waals surface area (Å²) in [5.41, 5.74) is 1.12. The first-order chi connectivity index (χ1) is 9.85. The van der Waals surface area contributed by atoms with Crippen LogP contribution in [-0.4, -0.2) is 12.8 Å². The Morgan fingerprint density at radius 1 is 0.650 bits per heavy atom. The maximum absolute atomic E-state index is 11.0. The van der Waals surface area contributed by atoms with Gasteiger partial charge in [-0.25, -0.2) is 0 Å². The van der Waals surface area contributed by atoms with E-state index in [1.165, 1.54) is 0 Å². The molecule has 0 spiro atoms. The lowest BCUT2D eigenvalue weighted by Crippen LogP contribution is -2.17. The largest absolute Gasteiger partial charge is 0.276 e. The molecule has 0 atom stereocenters. The molecule has 2 amide bonds. The maximum atomic E-state index is 11.0. The van der Waals surface area contributed by atoms with Crippen molar-refractivity contribution in [2.45, 2.75) is 0 Å². The van der Waals surface area contributed by atoms with Gasteiger partial charge in [-0.1, -0.05) is 36.4 Å². The second kappa shape index (κ2) is 6.79. The van der Waals surface area contributed by atoms with Crippen molar-refractivity contribution in [2.75, 3.05) is 10.0 Å². The number of hydrogen-bond donors (Lipinski definition) is 0. The third kappa shape index (κ3) is 3.26. The highest BCUT2D eigenvalue weighted by Gasteiger charge is 2.05. The van der Waals surface area contributed by atoms with E-state index in [1.807, 2.05) is 12.1 Å². The quantitative estimate of drug-likeness (QED) is 0.459. The minimum atomic E-state index is 0.521. The van der Waals surface area contributed by atoms with E-state index in [1.54, 1.807) is 48.5 Å². The van der Waals surface area contributed by atoms with E-state index in [0.29, 0.717) is 24.2 Å². The molecule has 100 valence electrons. The Kier molecular flexibility index (Phi) is 4.55. The molecular formula is C14H12N4O2. The molecule has 2 aromatic rings. The number of benzene rings is 2. The van der Waals surface area contributed by atoms with E-state index >= 15 is 0 Å². The molecular weight excluding hydrogens is 256 g/mol. The van der Waals surface area contributed by atoms with Crippen molar-refractivity contribution in [1.29, 1.82) is 0 Å². The van der Waals surface area contributed by atoms with Gasteiger partial charge in [0.1, 0.15) is 0 Å². The van der Waals surface area contributed by atoms with Crippen LogP contribution in [-0.2, 0) is 9.59 Å². The van der Waals surface area contributed by atoms with Gasteiger partial charge in [-0.3, -0.25) is 9.59 Å². The zero-order valence-electron chi connectivity index (χ0n) is 10.5. The first-order valence-corrected chi connectivity index (χ1v) is 5.86. The number of carbonyl (C=O) groups is 2. The van der Waals surface area contributed by atoms with Crippen molar-refractivity contribution in [3.05, 3.63) is 60.7 Å². The zero-order valence-corrected chi connectivity index (χ0v) is 10.5. The Bertz CT molecular complexity index is 533.